The van der Waals surface area contributed by atoms with E-state index in [1.807, 2.05) is 0 Å². The van der Waals surface area contributed by atoms with Gasteiger partial charge in [-0.3, -0.25) is 0 Å². The smallest absolute Gasteiger partial charge is 0.182 e. The molecular weight excluding hydrogens is 278 g/mol. The highest BCUT2D eigenvalue weighted by Crippen LogP contribution is 2.25. The van der Waals surface area contributed by atoms with E-state index in [1.165, 1.54) is 0 Å². The Labute approximate surface area is 98.7 Å². The van der Waals surface area contributed by atoms with Gasteiger partial charge in [0.05, 0.1) is 10.1 Å². The molecule has 1 rings (SSSR count). The van der Waals surface area contributed by atoms with Crippen molar-refractivity contribution in [3.05, 3.63) is 28.7 Å². The number of benzene rings is 1. The molecule has 0 aliphatic rings. The van der Waals surface area contributed by atoms with Gasteiger partial charge in [-0.15, -0.1) is 0 Å². The highest BCUT2D eigenvalue weighted by molar-refractivity contribution is 9.10. The van der Waals surface area contributed by atoms with Crippen LogP contribution in [-0.2, 0) is 9.84 Å². The summed E-state index contributed by atoms with van der Waals surface area (Å²) in [6.07, 6.45) is 0.476. The van der Waals surface area contributed by atoms with Crippen LogP contribution in [-0.4, -0.2) is 20.2 Å². The average molecular weight is 292 g/mol. The van der Waals surface area contributed by atoms with Crippen LogP contribution in [0.2, 0.25) is 0 Å². The monoisotopic (exact) mass is 291 g/mol. The van der Waals surface area contributed by atoms with Gasteiger partial charge in [-0.1, -0.05) is 12.1 Å². The van der Waals surface area contributed by atoms with Gasteiger partial charge in [0, 0.05) is 4.47 Å². The maximum absolute atomic E-state index is 12.1. The largest absolute Gasteiger partial charge is 0.330 e. The van der Waals surface area contributed by atoms with Gasteiger partial charge in [-0.05, 0) is 48.0 Å². The molecule has 0 saturated heterocycles. The van der Waals surface area contributed by atoms with Crippen LogP contribution in [0.25, 0.3) is 0 Å². The van der Waals surface area contributed by atoms with E-state index in [4.69, 9.17) is 5.73 Å². The van der Waals surface area contributed by atoms with Crippen molar-refractivity contribution in [2.45, 2.75) is 23.5 Å². The standard InChI is InChI=1S/C10H14BrNO2S/c1-8(6-7-12)15(13,14)10-5-3-2-4-9(10)11/h2-5,8H,6-7,12H2,1H3. The number of rotatable bonds is 4. The number of hydrogen-bond donors (Lipinski definition) is 1. The molecule has 0 heterocycles. The minimum Gasteiger partial charge on any atom is -0.330 e. The molecule has 1 atom stereocenters. The summed E-state index contributed by atoms with van der Waals surface area (Å²) in [5, 5.41) is -0.443. The van der Waals surface area contributed by atoms with Crippen molar-refractivity contribution in [3.8, 4) is 0 Å². The predicted octanol–water partition coefficient (Wildman–Crippen LogP) is 1.96. The van der Waals surface area contributed by atoms with E-state index in [0.717, 1.165) is 0 Å². The quantitative estimate of drug-likeness (QED) is 0.923. The molecule has 0 spiro atoms. The van der Waals surface area contributed by atoms with Crippen molar-refractivity contribution in [1.29, 1.82) is 0 Å². The van der Waals surface area contributed by atoms with Crippen LogP contribution in [0.4, 0.5) is 0 Å². The lowest BCUT2D eigenvalue weighted by Gasteiger charge is -2.12. The number of nitrogens with two attached hydrogens (primary N) is 1. The van der Waals surface area contributed by atoms with Gasteiger partial charge in [0.1, 0.15) is 0 Å². The molecular formula is C10H14BrNO2S. The predicted molar refractivity (Wildman–Crippen MR) is 64.5 cm³/mol. The molecule has 2 N–H and O–H groups in total. The molecule has 5 heteroatoms. The summed E-state index contributed by atoms with van der Waals surface area (Å²) >= 11 is 3.24. The molecule has 15 heavy (non-hydrogen) atoms. The Morgan fingerprint density at radius 3 is 2.53 bits per heavy atom. The Bertz CT molecular complexity index is 431. The van der Waals surface area contributed by atoms with Gasteiger partial charge in [-0.25, -0.2) is 8.42 Å². The zero-order chi connectivity index (χ0) is 11.5. The Morgan fingerprint density at radius 1 is 1.40 bits per heavy atom. The first-order valence-corrected chi connectivity index (χ1v) is 7.02. The van der Waals surface area contributed by atoms with Crippen molar-refractivity contribution < 1.29 is 8.42 Å². The zero-order valence-electron chi connectivity index (χ0n) is 8.48. The summed E-state index contributed by atoms with van der Waals surface area (Å²) in [5.74, 6) is 0. The van der Waals surface area contributed by atoms with Crippen LogP contribution in [0.1, 0.15) is 13.3 Å². The minimum atomic E-state index is -3.26. The van der Waals surface area contributed by atoms with E-state index in [1.54, 1.807) is 31.2 Å². The zero-order valence-corrected chi connectivity index (χ0v) is 10.9. The Balaban J connectivity index is 3.12. The third kappa shape index (κ3) is 2.80. The second-order valence-corrected chi connectivity index (χ2v) is 6.55. The lowest BCUT2D eigenvalue weighted by atomic mass is 10.3. The van der Waals surface area contributed by atoms with Gasteiger partial charge in [0.2, 0.25) is 0 Å². The van der Waals surface area contributed by atoms with Gasteiger partial charge < -0.3 is 5.73 Å². The molecule has 0 aliphatic heterocycles. The van der Waals surface area contributed by atoms with Crippen LogP contribution < -0.4 is 5.73 Å². The fourth-order valence-corrected chi connectivity index (χ4v) is 3.73. The normalized spacial score (nSPS) is 13.8. The van der Waals surface area contributed by atoms with Gasteiger partial charge in [0.15, 0.2) is 9.84 Å². The van der Waals surface area contributed by atoms with Crippen LogP contribution in [0.3, 0.4) is 0 Å². The SMILES string of the molecule is CC(CCN)S(=O)(=O)c1ccccc1Br. The molecule has 3 nitrogen and oxygen atoms in total. The summed E-state index contributed by atoms with van der Waals surface area (Å²) in [6.45, 7) is 2.06. The third-order valence-corrected chi connectivity index (χ3v) is 5.46. The van der Waals surface area contributed by atoms with E-state index < -0.39 is 15.1 Å². The fraction of sp³-hybridized carbons (Fsp3) is 0.400. The van der Waals surface area contributed by atoms with Crippen LogP contribution >= 0.6 is 15.9 Å². The molecule has 0 aromatic heterocycles. The first-order chi connectivity index (χ1) is 7.00. The van der Waals surface area contributed by atoms with Crippen molar-refractivity contribution in [3.63, 3.8) is 0 Å². The van der Waals surface area contributed by atoms with E-state index in [9.17, 15) is 8.42 Å². The number of halogens is 1. The van der Waals surface area contributed by atoms with Crippen molar-refractivity contribution in [2.75, 3.05) is 6.54 Å². The second-order valence-electron chi connectivity index (χ2n) is 3.36. The third-order valence-electron chi connectivity index (χ3n) is 2.25. The molecule has 1 aromatic carbocycles. The first kappa shape index (κ1) is 12.7. The van der Waals surface area contributed by atoms with E-state index in [2.05, 4.69) is 15.9 Å². The molecule has 1 aromatic rings. The summed E-state index contributed by atoms with van der Waals surface area (Å²) in [7, 11) is -3.26. The second kappa shape index (κ2) is 5.09. The lowest BCUT2D eigenvalue weighted by Crippen LogP contribution is -2.21. The molecule has 0 fully saturated rings. The van der Waals surface area contributed by atoms with Gasteiger partial charge >= 0.3 is 0 Å². The summed E-state index contributed by atoms with van der Waals surface area (Å²) in [4.78, 5) is 0.339. The highest BCUT2D eigenvalue weighted by Gasteiger charge is 2.24. The molecule has 0 bridgehead atoms. The average Bonchev–Trinajstić information content (AvgIpc) is 2.18. The molecule has 0 aliphatic carbocycles. The van der Waals surface area contributed by atoms with Crippen molar-refractivity contribution >= 4 is 25.8 Å². The molecule has 1 unspecified atom stereocenters. The molecule has 84 valence electrons. The van der Waals surface area contributed by atoms with E-state index in [0.29, 0.717) is 22.3 Å². The van der Waals surface area contributed by atoms with Gasteiger partial charge in [0.25, 0.3) is 0 Å². The summed E-state index contributed by atoms with van der Waals surface area (Å²) in [5.41, 5.74) is 5.37. The Hall–Kier alpha value is -0.390. The van der Waals surface area contributed by atoms with Crippen molar-refractivity contribution in [1.82, 2.24) is 0 Å². The molecule has 0 radical (unpaired) electrons. The Kier molecular flexibility index (Phi) is 4.31. The maximum atomic E-state index is 12.1. The van der Waals surface area contributed by atoms with E-state index in [-0.39, 0.29) is 0 Å². The topological polar surface area (TPSA) is 60.2 Å². The summed E-state index contributed by atoms with van der Waals surface area (Å²) < 4.78 is 24.7. The van der Waals surface area contributed by atoms with Crippen LogP contribution in [0, 0.1) is 0 Å². The maximum Gasteiger partial charge on any atom is 0.182 e. The lowest BCUT2D eigenvalue weighted by molar-refractivity contribution is 0.578. The molecule has 0 saturated carbocycles. The van der Waals surface area contributed by atoms with E-state index >= 15 is 0 Å². The Morgan fingerprint density at radius 2 is 2.00 bits per heavy atom. The number of sulfone groups is 1. The van der Waals surface area contributed by atoms with Gasteiger partial charge in [-0.2, -0.15) is 0 Å². The minimum absolute atomic E-state index is 0.339. The van der Waals surface area contributed by atoms with Crippen LogP contribution in [0.15, 0.2) is 33.6 Å². The van der Waals surface area contributed by atoms with Crippen LogP contribution in [0.5, 0.6) is 0 Å². The number of hydrogen-bond acceptors (Lipinski definition) is 3. The van der Waals surface area contributed by atoms with Crippen molar-refractivity contribution in [2.24, 2.45) is 5.73 Å². The molecule has 0 amide bonds. The highest BCUT2D eigenvalue weighted by atomic mass is 79.9. The summed E-state index contributed by atoms with van der Waals surface area (Å²) in [6, 6.07) is 6.83. The first-order valence-electron chi connectivity index (χ1n) is 4.68. The fourth-order valence-electron chi connectivity index (χ4n) is 1.28.